The molecular weight excluding hydrogens is 1360 g/mol. The third kappa shape index (κ3) is 27.9. The van der Waals surface area contributed by atoms with E-state index in [1.54, 1.807) is 18.2 Å². The second-order valence-electron chi connectivity index (χ2n) is 24.3. The number of fused-ring (bicyclic) bond motifs is 2. The molecule has 548 valence electrons. The fraction of sp³-hybridized carbons (Fsp3) is 0.516. The topological polar surface area (TPSA) is 514 Å². The fourth-order valence-electron chi connectivity index (χ4n) is 11.0. The molecule has 13 amide bonds. The van der Waals surface area contributed by atoms with E-state index in [2.05, 4.69) is 59.7 Å². The Morgan fingerprint density at radius 1 is 0.690 bits per heavy atom. The van der Waals surface area contributed by atoms with Crippen LogP contribution in [0.1, 0.15) is 103 Å². The molecule has 3 aromatic carbocycles. The summed E-state index contributed by atoms with van der Waals surface area (Å²) in [7, 11) is -1.68. The standard InChI is InChI=1S/C64H92N15O18PS2/c1-36-63(92)78(5)34-54(84)77-55(37(2)97-98(94,95)96)64(93)79-29-11-9-17-51(79)62(91)76-49(33-41-18-21-42-13-6-7-14-43(42)31-41)60(89)75-48(32-40-19-22-44(81)23-20-40)59(88)74-47(58(87)70-36)24-25-53(83)72-45(56(66)85)15-8-10-27-69-52(82)26-30-99-100-35-50(71-39(4)80)61(90)73-46(57(67)86)16-12-28-68-38(3)65/h6-7,13-14,18-23,31,36-37,45-51,55,68,81H,3,8-12,15-17,24-30,32-35,65H2,1-2,4-5H3,(H2,66,85)(H2,67,86)(H,69,82)(H,70,87)(H,71,80)(H,72,83)(H,73,90)(H,74,88)(H,75,89)(H,76,91)(H,77,84)(H2,94,95,96)/t36-,37?,45+,46+,47+,48+,49+,50?,51+,55-/m1/s1. The van der Waals surface area contributed by atoms with E-state index in [0.29, 0.717) is 49.1 Å². The first-order valence-corrected chi connectivity index (χ1v) is 36.5. The van der Waals surface area contributed by atoms with Gasteiger partial charge in [-0.25, -0.2) is 4.57 Å². The van der Waals surface area contributed by atoms with Crippen molar-refractivity contribution >= 4 is 117 Å². The molecule has 2 fully saturated rings. The Bertz CT molecular complexity index is 3480. The lowest BCUT2D eigenvalue weighted by Crippen LogP contribution is -2.62. The van der Waals surface area contributed by atoms with E-state index < -0.39 is 159 Å². The van der Waals surface area contributed by atoms with Crippen molar-refractivity contribution in [2.45, 2.75) is 165 Å². The summed E-state index contributed by atoms with van der Waals surface area (Å²) >= 11 is 0. The highest BCUT2D eigenvalue weighted by atomic mass is 33.1. The molecule has 2 saturated heterocycles. The summed E-state index contributed by atoms with van der Waals surface area (Å²) in [4.78, 5) is 199. The Morgan fingerprint density at radius 3 is 1.94 bits per heavy atom. The number of hydrogen-bond donors (Lipinski definition) is 16. The maximum atomic E-state index is 15.0. The number of carbonyl (C=O) groups excluding carboxylic acids is 13. The number of phenols is 1. The van der Waals surface area contributed by atoms with E-state index >= 15 is 4.79 Å². The number of nitrogens with two attached hydrogens (primary N) is 3. The number of phenolic OH excluding ortho intramolecular Hbond substituents is 1. The van der Waals surface area contributed by atoms with Crippen molar-refractivity contribution in [3.8, 4) is 5.75 Å². The minimum atomic E-state index is -5.34. The second kappa shape index (κ2) is 40.3. The molecule has 0 radical (unpaired) electrons. The number of aromatic hydroxyl groups is 1. The second-order valence-corrected chi connectivity index (χ2v) is 28.1. The molecule has 0 bridgehead atoms. The van der Waals surface area contributed by atoms with Crippen LogP contribution in [0.15, 0.2) is 79.1 Å². The van der Waals surface area contributed by atoms with Crippen LogP contribution in [0.3, 0.4) is 0 Å². The monoisotopic (exact) mass is 1450 g/mol. The molecule has 0 saturated carbocycles. The average molecular weight is 1450 g/mol. The van der Waals surface area contributed by atoms with Gasteiger partial charge >= 0.3 is 7.82 Å². The van der Waals surface area contributed by atoms with Gasteiger partial charge in [-0.1, -0.05) is 82.8 Å². The van der Waals surface area contributed by atoms with E-state index in [9.17, 15) is 77.0 Å². The van der Waals surface area contributed by atoms with Gasteiger partial charge in [0.2, 0.25) is 76.8 Å². The van der Waals surface area contributed by atoms with Gasteiger partial charge in [0, 0.05) is 70.8 Å². The van der Waals surface area contributed by atoms with E-state index in [0.717, 1.165) is 27.5 Å². The average Bonchev–Trinajstić information content (AvgIpc) is 0.856. The quantitative estimate of drug-likeness (QED) is 0.0186. The van der Waals surface area contributed by atoms with Crippen LogP contribution in [0.25, 0.3) is 10.8 Å². The third-order valence-electron chi connectivity index (χ3n) is 16.1. The normalized spacial score (nSPS) is 20.4. The van der Waals surface area contributed by atoms with Gasteiger partial charge < -0.3 is 95.1 Å². The number of phosphoric ester groups is 1. The summed E-state index contributed by atoms with van der Waals surface area (Å²) in [6, 6.07) is 5.56. The largest absolute Gasteiger partial charge is 0.508 e. The van der Waals surface area contributed by atoms with Crippen LogP contribution in [-0.4, -0.2) is 207 Å². The zero-order chi connectivity index (χ0) is 73.8. The Balaban J connectivity index is 1.31. The van der Waals surface area contributed by atoms with Crippen molar-refractivity contribution in [3.05, 3.63) is 90.3 Å². The zero-order valence-electron chi connectivity index (χ0n) is 56.1. The molecule has 19 N–H and O–H groups in total. The maximum absolute atomic E-state index is 15.0. The fourth-order valence-corrected chi connectivity index (χ4v) is 13.7. The van der Waals surface area contributed by atoms with Crippen LogP contribution in [-0.2, 0) is 84.3 Å². The molecule has 100 heavy (non-hydrogen) atoms. The van der Waals surface area contributed by atoms with Gasteiger partial charge in [-0.15, -0.1) is 0 Å². The molecule has 0 aromatic heterocycles. The molecule has 2 aliphatic heterocycles. The van der Waals surface area contributed by atoms with Crippen LogP contribution in [0.4, 0.5) is 0 Å². The van der Waals surface area contributed by atoms with E-state index in [-0.39, 0.29) is 81.3 Å². The van der Waals surface area contributed by atoms with Gasteiger partial charge in [-0.05, 0) is 106 Å². The molecule has 2 aliphatic rings. The van der Waals surface area contributed by atoms with Crippen LogP contribution >= 0.6 is 29.4 Å². The van der Waals surface area contributed by atoms with Gasteiger partial charge in [0.05, 0.1) is 18.5 Å². The lowest BCUT2D eigenvalue weighted by atomic mass is 9.97. The summed E-state index contributed by atoms with van der Waals surface area (Å²) in [5.41, 5.74) is 17.7. The van der Waals surface area contributed by atoms with Crippen molar-refractivity contribution in [2.24, 2.45) is 17.2 Å². The first-order valence-electron chi connectivity index (χ1n) is 32.5. The number of unbranched alkanes of at least 4 members (excludes halogenated alkanes) is 1. The Kier molecular flexibility index (Phi) is 32.9. The Hall–Kier alpha value is -9.02. The first-order chi connectivity index (χ1) is 47.3. The number of rotatable bonds is 32. The number of primary amides is 2. The van der Waals surface area contributed by atoms with Gasteiger partial charge in [-0.2, -0.15) is 0 Å². The highest BCUT2D eigenvalue weighted by Gasteiger charge is 2.42. The minimum absolute atomic E-state index is 0.0111. The summed E-state index contributed by atoms with van der Waals surface area (Å²) in [6.07, 6.45) is -1.19. The van der Waals surface area contributed by atoms with Gasteiger partial charge in [-0.3, -0.25) is 66.9 Å². The molecule has 10 atom stereocenters. The Labute approximate surface area is 586 Å². The number of hydrogen-bond acceptors (Lipinski definition) is 20. The number of likely N-dealkylation sites (N-methyl/N-ethyl adjacent to an activating group) is 1. The third-order valence-corrected chi connectivity index (χ3v) is 19.2. The summed E-state index contributed by atoms with van der Waals surface area (Å²) in [5.74, 6) is -10.1. The maximum Gasteiger partial charge on any atom is 0.469 e. The SMILES string of the molecule is C=C(N)NCCC[C@H](NC(=O)C(CSSCCC(=O)NCCCC[C@H](NC(=O)CC[C@@H]1NC(=O)[C@H](Cc2ccc(O)cc2)NC(=O)[C@H](Cc2ccc3ccccc3c2)NC(=O)[C@@H]2CCCCN2C(=O)[C@@H](C(C)OP(=O)(O)O)NC(=O)CN(C)C(=O)[C@@H](C)NC1=O)C(N)=O)NC(C)=O)C(N)=O. The molecule has 0 aliphatic carbocycles. The van der Waals surface area contributed by atoms with Crippen LogP contribution < -0.4 is 70.4 Å². The van der Waals surface area contributed by atoms with Crippen molar-refractivity contribution in [3.63, 3.8) is 0 Å². The molecule has 2 unspecified atom stereocenters. The predicted octanol–water partition coefficient (Wildman–Crippen LogP) is -1.79. The van der Waals surface area contributed by atoms with Crippen LogP contribution in [0, 0.1) is 0 Å². The molecule has 0 spiro atoms. The first kappa shape index (κ1) is 81.7. The van der Waals surface area contributed by atoms with Gasteiger partial charge in [0.15, 0.2) is 0 Å². The highest BCUT2D eigenvalue weighted by molar-refractivity contribution is 8.76. The van der Waals surface area contributed by atoms with Crippen molar-refractivity contribution in [1.82, 2.24) is 63.0 Å². The van der Waals surface area contributed by atoms with Crippen molar-refractivity contribution in [1.29, 1.82) is 0 Å². The van der Waals surface area contributed by atoms with Crippen molar-refractivity contribution < 1.29 is 86.3 Å². The number of nitrogens with zero attached hydrogens (tertiary/aromatic N) is 2. The number of benzene rings is 3. The molecule has 3 aromatic rings. The van der Waals surface area contributed by atoms with Crippen molar-refractivity contribution in [2.75, 3.05) is 44.7 Å². The van der Waals surface area contributed by atoms with Crippen LogP contribution in [0.2, 0.25) is 0 Å². The molecular formula is C64H92N15O18PS2. The number of nitrogens with one attached hydrogen (secondary N) is 10. The van der Waals surface area contributed by atoms with Gasteiger partial charge in [0.1, 0.15) is 60.1 Å². The summed E-state index contributed by atoms with van der Waals surface area (Å²) in [5, 5.41) is 38.0. The van der Waals surface area contributed by atoms with E-state index in [4.69, 9.17) is 21.7 Å². The lowest BCUT2D eigenvalue weighted by Gasteiger charge is -2.38. The van der Waals surface area contributed by atoms with E-state index in [1.165, 1.54) is 66.7 Å². The molecule has 2 heterocycles. The number of carbonyl (C=O) groups is 13. The minimum Gasteiger partial charge on any atom is -0.508 e. The number of phosphoric acid groups is 1. The molecule has 33 nitrogen and oxygen atoms in total. The molecule has 36 heteroatoms. The molecule has 5 rings (SSSR count). The van der Waals surface area contributed by atoms with Crippen LogP contribution in [0.5, 0.6) is 5.75 Å². The zero-order valence-corrected chi connectivity index (χ0v) is 58.6. The number of amides is 13. The lowest BCUT2D eigenvalue weighted by molar-refractivity contribution is -0.148. The summed E-state index contributed by atoms with van der Waals surface area (Å²) in [6.45, 7) is 6.79. The number of piperidine rings is 1. The van der Waals surface area contributed by atoms with E-state index in [1.807, 2.05) is 24.3 Å². The Morgan fingerprint density at radius 2 is 1.29 bits per heavy atom. The smallest absolute Gasteiger partial charge is 0.469 e. The highest BCUT2D eigenvalue weighted by Crippen LogP contribution is 2.38. The van der Waals surface area contributed by atoms with Gasteiger partial charge in [0.25, 0.3) is 0 Å². The summed E-state index contributed by atoms with van der Waals surface area (Å²) < 4.78 is 17.1. The predicted molar refractivity (Wildman–Crippen MR) is 370 cm³/mol.